The van der Waals surface area contributed by atoms with E-state index in [-0.39, 0.29) is 11.7 Å². The normalized spacial score (nSPS) is 16.7. The Bertz CT molecular complexity index is 578. The van der Waals surface area contributed by atoms with Gasteiger partial charge in [0.2, 0.25) is 0 Å². The number of hydrogen-bond donors (Lipinski definition) is 3. The lowest BCUT2D eigenvalue weighted by Crippen LogP contribution is -2.20. The van der Waals surface area contributed by atoms with Crippen LogP contribution < -0.4 is 11.1 Å². The molecule has 1 aromatic carbocycles. The molecule has 4 nitrogen and oxygen atoms in total. The maximum Gasteiger partial charge on any atom is 0.128 e. The van der Waals surface area contributed by atoms with Crippen molar-refractivity contribution in [3.63, 3.8) is 0 Å². The summed E-state index contributed by atoms with van der Waals surface area (Å²) in [6, 6.07) is 4.70. The van der Waals surface area contributed by atoms with Gasteiger partial charge in [0.05, 0.1) is 0 Å². The second kappa shape index (κ2) is 6.92. The fraction of sp³-hybridized carbons (Fsp3) is 0.312. The maximum absolute atomic E-state index is 14.1. The zero-order valence-electron chi connectivity index (χ0n) is 12.2. The van der Waals surface area contributed by atoms with Gasteiger partial charge in [-0.3, -0.25) is 5.41 Å². The molecular weight excluding hydrogens is 267 g/mol. The summed E-state index contributed by atoms with van der Waals surface area (Å²) in [6.07, 6.45) is 7.09. The van der Waals surface area contributed by atoms with Crippen molar-refractivity contribution in [2.45, 2.75) is 19.9 Å². The van der Waals surface area contributed by atoms with E-state index >= 15 is 0 Å². The van der Waals surface area contributed by atoms with Gasteiger partial charge in [0, 0.05) is 30.8 Å². The third kappa shape index (κ3) is 3.84. The van der Waals surface area contributed by atoms with Gasteiger partial charge < -0.3 is 16.0 Å². The van der Waals surface area contributed by atoms with E-state index in [2.05, 4.69) is 23.2 Å². The van der Waals surface area contributed by atoms with Crippen molar-refractivity contribution in [3.8, 4) is 0 Å². The zero-order valence-corrected chi connectivity index (χ0v) is 12.2. The van der Waals surface area contributed by atoms with Crippen LogP contribution in [0, 0.1) is 11.2 Å². The molecule has 112 valence electrons. The van der Waals surface area contributed by atoms with Crippen molar-refractivity contribution in [2.24, 2.45) is 5.73 Å². The fourth-order valence-corrected chi connectivity index (χ4v) is 2.22. The van der Waals surface area contributed by atoms with E-state index in [1.165, 1.54) is 6.07 Å². The molecule has 1 aromatic rings. The minimum absolute atomic E-state index is 0.117. The van der Waals surface area contributed by atoms with Crippen LogP contribution >= 0.6 is 0 Å². The molecule has 0 amide bonds. The van der Waals surface area contributed by atoms with Crippen molar-refractivity contribution in [1.29, 1.82) is 5.41 Å². The van der Waals surface area contributed by atoms with Crippen LogP contribution in [0.5, 0.6) is 0 Å². The number of benzene rings is 1. The first-order valence-corrected chi connectivity index (χ1v) is 7.10. The summed E-state index contributed by atoms with van der Waals surface area (Å²) in [5.41, 5.74) is 6.39. The summed E-state index contributed by atoms with van der Waals surface area (Å²) in [7, 11) is 0. The highest BCUT2D eigenvalue weighted by Gasteiger charge is 2.17. The van der Waals surface area contributed by atoms with Gasteiger partial charge in [-0.15, -0.1) is 0 Å². The Labute approximate surface area is 124 Å². The minimum Gasteiger partial charge on any atom is -0.384 e. The highest BCUT2D eigenvalue weighted by molar-refractivity contribution is 5.94. The number of rotatable bonds is 5. The van der Waals surface area contributed by atoms with E-state index in [0.717, 1.165) is 25.3 Å². The first kappa shape index (κ1) is 15.1. The van der Waals surface area contributed by atoms with Crippen LogP contribution in [-0.2, 0) is 6.54 Å². The number of nitrogens with two attached hydrogens (primary N) is 1. The van der Waals surface area contributed by atoms with E-state index in [9.17, 15) is 4.39 Å². The zero-order chi connectivity index (χ0) is 15.2. The van der Waals surface area contributed by atoms with E-state index < -0.39 is 0 Å². The first-order chi connectivity index (χ1) is 10.1. The lowest BCUT2D eigenvalue weighted by molar-refractivity contribution is 0.380. The second-order valence-electron chi connectivity index (χ2n) is 4.96. The van der Waals surface area contributed by atoms with Crippen LogP contribution in [0.15, 0.2) is 42.2 Å². The van der Waals surface area contributed by atoms with E-state index in [4.69, 9.17) is 11.1 Å². The average Bonchev–Trinajstić information content (AvgIpc) is 2.88. The summed E-state index contributed by atoms with van der Waals surface area (Å²) >= 11 is 0. The van der Waals surface area contributed by atoms with E-state index in [1.54, 1.807) is 12.1 Å². The molecule has 0 unspecified atom stereocenters. The Morgan fingerprint density at radius 3 is 3.00 bits per heavy atom. The quantitative estimate of drug-likeness (QED) is 0.575. The van der Waals surface area contributed by atoms with Gasteiger partial charge in [0.1, 0.15) is 17.5 Å². The number of amidine groups is 1. The van der Waals surface area contributed by atoms with Crippen LogP contribution in [0.4, 0.5) is 4.39 Å². The monoisotopic (exact) mass is 288 g/mol. The molecule has 21 heavy (non-hydrogen) atoms. The SMILES string of the molecule is CC/C=C/C=C1\NCCN1Cc1ccc(C(=N)N)cc1F. The molecule has 5 heteroatoms. The third-order valence-corrected chi connectivity index (χ3v) is 3.38. The molecule has 0 aliphatic carbocycles. The van der Waals surface area contributed by atoms with Gasteiger partial charge in [-0.05, 0) is 18.6 Å². The maximum atomic E-state index is 14.1. The fourth-order valence-electron chi connectivity index (χ4n) is 2.22. The Balaban J connectivity index is 2.12. The van der Waals surface area contributed by atoms with Gasteiger partial charge in [0.25, 0.3) is 0 Å². The van der Waals surface area contributed by atoms with Gasteiger partial charge >= 0.3 is 0 Å². The molecular formula is C16H21FN4. The third-order valence-electron chi connectivity index (χ3n) is 3.38. The molecule has 4 N–H and O–H groups in total. The second-order valence-corrected chi connectivity index (χ2v) is 4.96. The summed E-state index contributed by atoms with van der Waals surface area (Å²) in [5.74, 6) is 0.571. The number of allylic oxidation sites excluding steroid dienone is 3. The highest BCUT2D eigenvalue weighted by atomic mass is 19.1. The lowest BCUT2D eigenvalue weighted by atomic mass is 10.1. The van der Waals surface area contributed by atoms with Crippen LogP contribution in [0.25, 0.3) is 0 Å². The Morgan fingerprint density at radius 2 is 2.33 bits per heavy atom. The van der Waals surface area contributed by atoms with Crippen LogP contribution in [-0.4, -0.2) is 23.8 Å². The Kier molecular flexibility index (Phi) is 4.98. The van der Waals surface area contributed by atoms with Gasteiger partial charge in [-0.25, -0.2) is 4.39 Å². The number of nitrogen functional groups attached to an aromatic ring is 1. The number of hydrogen-bond acceptors (Lipinski definition) is 3. The number of nitrogens with one attached hydrogen (secondary N) is 2. The smallest absolute Gasteiger partial charge is 0.128 e. The molecule has 0 atom stereocenters. The highest BCUT2D eigenvalue weighted by Crippen LogP contribution is 2.17. The minimum atomic E-state index is -0.321. The summed E-state index contributed by atoms with van der Waals surface area (Å²) in [4.78, 5) is 2.10. The number of nitrogens with zero attached hydrogens (tertiary/aromatic N) is 1. The molecule has 0 aromatic heterocycles. The first-order valence-electron chi connectivity index (χ1n) is 7.10. The standard InChI is InChI=1S/C16H21FN4/c1-2-3-4-5-15-20-8-9-21(15)11-13-7-6-12(16(18)19)10-14(13)17/h3-7,10,20H,2,8-9,11H2,1H3,(H3,18,19)/b4-3+,15-5+. The molecule has 0 radical (unpaired) electrons. The van der Waals surface area contributed by atoms with E-state index in [0.29, 0.717) is 17.7 Å². The Morgan fingerprint density at radius 1 is 1.52 bits per heavy atom. The lowest BCUT2D eigenvalue weighted by Gasteiger charge is -2.19. The molecule has 1 heterocycles. The van der Waals surface area contributed by atoms with Crippen molar-refractivity contribution in [2.75, 3.05) is 13.1 Å². The summed E-state index contributed by atoms with van der Waals surface area (Å²) < 4.78 is 14.1. The molecule has 1 saturated heterocycles. The average molecular weight is 288 g/mol. The predicted molar refractivity (Wildman–Crippen MR) is 83.3 cm³/mol. The van der Waals surface area contributed by atoms with Crippen molar-refractivity contribution in [1.82, 2.24) is 10.2 Å². The van der Waals surface area contributed by atoms with Gasteiger partial charge in [-0.2, -0.15) is 0 Å². The predicted octanol–water partition coefficient (Wildman–Crippen LogP) is 2.32. The molecule has 1 aliphatic heterocycles. The molecule has 1 fully saturated rings. The van der Waals surface area contributed by atoms with Crippen molar-refractivity contribution < 1.29 is 4.39 Å². The van der Waals surface area contributed by atoms with Crippen molar-refractivity contribution >= 4 is 5.84 Å². The molecule has 1 aliphatic rings. The van der Waals surface area contributed by atoms with Gasteiger partial charge in [-0.1, -0.05) is 31.2 Å². The topological polar surface area (TPSA) is 65.1 Å². The summed E-state index contributed by atoms with van der Waals surface area (Å²) in [5, 5.41) is 10.6. The van der Waals surface area contributed by atoms with Crippen molar-refractivity contribution in [3.05, 3.63) is 59.2 Å². The largest absolute Gasteiger partial charge is 0.384 e. The molecule has 0 spiro atoms. The molecule has 0 saturated carbocycles. The van der Waals surface area contributed by atoms with Crippen LogP contribution in [0.3, 0.4) is 0 Å². The van der Waals surface area contributed by atoms with Gasteiger partial charge in [0.15, 0.2) is 0 Å². The van der Waals surface area contributed by atoms with E-state index in [1.807, 2.05) is 12.2 Å². The number of halogens is 1. The molecule has 2 rings (SSSR count). The molecule has 0 bridgehead atoms. The van der Waals surface area contributed by atoms with Crippen LogP contribution in [0.1, 0.15) is 24.5 Å². The van der Waals surface area contributed by atoms with Crippen LogP contribution in [0.2, 0.25) is 0 Å². The summed E-state index contributed by atoms with van der Waals surface area (Å²) in [6.45, 7) is 4.29. The Hall–Kier alpha value is -2.30.